The monoisotopic (exact) mass is 346 g/mol. The first-order chi connectivity index (χ1) is 12.2. The van der Waals surface area contributed by atoms with Crippen molar-refractivity contribution in [3.05, 3.63) is 36.4 Å². The Morgan fingerprint density at radius 2 is 2.28 bits per heavy atom. The van der Waals surface area contributed by atoms with Gasteiger partial charge in [-0.15, -0.1) is 5.10 Å². The minimum absolute atomic E-state index is 0.316. The highest BCUT2D eigenvalue weighted by atomic mass is 19.1. The van der Waals surface area contributed by atoms with Crippen LogP contribution in [0, 0.1) is 5.82 Å². The van der Waals surface area contributed by atoms with Crippen LogP contribution >= 0.6 is 0 Å². The Morgan fingerprint density at radius 1 is 1.36 bits per heavy atom. The maximum absolute atomic E-state index is 14.5. The van der Waals surface area contributed by atoms with Crippen molar-refractivity contribution in [2.75, 3.05) is 29.5 Å². The summed E-state index contributed by atoms with van der Waals surface area (Å²) in [5.74, 6) is -0.446. The third kappa shape index (κ3) is 3.10. The lowest BCUT2D eigenvalue weighted by Crippen LogP contribution is -2.30. The van der Waals surface area contributed by atoms with Crippen molar-refractivity contribution in [2.45, 2.75) is 12.6 Å². The Kier molecular flexibility index (Phi) is 3.92. The van der Waals surface area contributed by atoms with Gasteiger partial charge in [0.05, 0.1) is 37.2 Å². The molecule has 1 amide bonds. The normalized spacial score (nSPS) is 19.9. The lowest BCUT2D eigenvalue weighted by Gasteiger charge is -2.23. The molecule has 4 rings (SSSR count). The van der Waals surface area contributed by atoms with Crippen LogP contribution in [0.3, 0.4) is 0 Å². The van der Waals surface area contributed by atoms with Crippen molar-refractivity contribution in [3.8, 4) is 0 Å². The van der Waals surface area contributed by atoms with Gasteiger partial charge in [-0.2, -0.15) is 0 Å². The van der Waals surface area contributed by atoms with E-state index in [-0.39, 0.29) is 6.10 Å². The zero-order valence-corrected chi connectivity index (χ0v) is 13.2. The number of amides is 1. The Bertz CT molecular complexity index is 797. The lowest BCUT2D eigenvalue weighted by atomic mass is 10.2. The first-order valence-electron chi connectivity index (χ1n) is 7.74. The van der Waals surface area contributed by atoms with Gasteiger partial charge < -0.3 is 14.5 Å². The van der Waals surface area contributed by atoms with Crippen LogP contribution in [-0.2, 0) is 16.1 Å². The molecule has 10 heteroatoms. The molecule has 2 aliphatic heterocycles. The molecular formula is C15H15FN6O3. The molecule has 1 saturated heterocycles. The summed E-state index contributed by atoms with van der Waals surface area (Å²) in [6.45, 7) is 1.61. The number of hydrogen-bond acceptors (Lipinski definition) is 7. The van der Waals surface area contributed by atoms with Crippen LogP contribution in [-0.4, -0.2) is 53.2 Å². The van der Waals surface area contributed by atoms with Gasteiger partial charge in [0.2, 0.25) is 0 Å². The molecule has 3 heterocycles. The number of cyclic esters (lactones) is 1. The standard InChI is InChI=1S/C15H15FN6O3/c16-13-7-11(1-2-14(13)20-5-6-24-18-10-20)22-9-12(25-15(22)23)8-21-4-3-17-19-21/h1-4,7,10,12H,5-6,8-9H2. The average Bonchev–Trinajstić information content (AvgIpc) is 3.25. The van der Waals surface area contributed by atoms with Crippen LogP contribution in [0.4, 0.5) is 20.6 Å². The highest BCUT2D eigenvalue weighted by Gasteiger charge is 2.33. The predicted molar refractivity (Wildman–Crippen MR) is 85.8 cm³/mol. The molecule has 0 spiro atoms. The number of carbonyl (C=O) groups excluding carboxylic acids is 1. The third-order valence-corrected chi connectivity index (χ3v) is 3.97. The fraction of sp³-hybridized carbons (Fsp3) is 0.333. The van der Waals surface area contributed by atoms with Crippen LogP contribution in [0.5, 0.6) is 0 Å². The largest absolute Gasteiger partial charge is 0.442 e. The molecule has 9 nitrogen and oxygen atoms in total. The van der Waals surface area contributed by atoms with Crippen LogP contribution in [0.1, 0.15) is 0 Å². The molecule has 1 atom stereocenters. The molecule has 2 aliphatic rings. The van der Waals surface area contributed by atoms with Crippen molar-refractivity contribution in [1.29, 1.82) is 0 Å². The summed E-state index contributed by atoms with van der Waals surface area (Å²) in [5.41, 5.74) is 0.820. The summed E-state index contributed by atoms with van der Waals surface area (Å²) in [7, 11) is 0. The van der Waals surface area contributed by atoms with E-state index < -0.39 is 11.9 Å². The number of benzene rings is 1. The van der Waals surface area contributed by atoms with E-state index in [1.807, 2.05) is 0 Å². The number of nitrogens with zero attached hydrogens (tertiary/aromatic N) is 6. The van der Waals surface area contributed by atoms with Crippen molar-refractivity contribution >= 4 is 23.8 Å². The van der Waals surface area contributed by atoms with Crippen LogP contribution in [0.25, 0.3) is 0 Å². The van der Waals surface area contributed by atoms with Gasteiger partial charge in [-0.3, -0.25) is 4.90 Å². The van der Waals surface area contributed by atoms with E-state index in [2.05, 4.69) is 15.5 Å². The zero-order valence-electron chi connectivity index (χ0n) is 13.2. The molecule has 2 aromatic rings. The molecule has 0 bridgehead atoms. The topological polar surface area (TPSA) is 85.1 Å². The Hall–Kier alpha value is -3.17. The summed E-state index contributed by atoms with van der Waals surface area (Å²) in [4.78, 5) is 20.0. The predicted octanol–water partition coefficient (Wildman–Crippen LogP) is 1.22. The van der Waals surface area contributed by atoms with Gasteiger partial charge in [-0.05, 0) is 18.2 Å². The number of anilines is 2. The number of halogens is 1. The Labute approximate surface area is 142 Å². The van der Waals surface area contributed by atoms with Gasteiger partial charge in [0.25, 0.3) is 0 Å². The second-order valence-corrected chi connectivity index (χ2v) is 5.62. The molecule has 1 fully saturated rings. The maximum atomic E-state index is 14.5. The molecule has 0 N–H and O–H groups in total. The summed E-state index contributed by atoms with van der Waals surface area (Å²) >= 11 is 0. The first-order valence-corrected chi connectivity index (χ1v) is 7.74. The van der Waals surface area contributed by atoms with Gasteiger partial charge in [0, 0.05) is 6.20 Å². The van der Waals surface area contributed by atoms with Gasteiger partial charge in [-0.1, -0.05) is 10.4 Å². The minimum Gasteiger partial charge on any atom is -0.442 e. The Balaban J connectivity index is 1.49. The van der Waals surface area contributed by atoms with E-state index in [4.69, 9.17) is 9.57 Å². The second kappa shape index (κ2) is 6.38. The van der Waals surface area contributed by atoms with Gasteiger partial charge in [0.1, 0.15) is 24.9 Å². The first kappa shape index (κ1) is 15.4. The van der Waals surface area contributed by atoms with E-state index >= 15 is 0 Å². The molecule has 1 unspecified atom stereocenters. The van der Waals surface area contributed by atoms with Gasteiger partial charge in [-0.25, -0.2) is 13.9 Å². The van der Waals surface area contributed by atoms with Crippen molar-refractivity contribution in [3.63, 3.8) is 0 Å². The van der Waals surface area contributed by atoms with E-state index in [1.165, 1.54) is 17.3 Å². The molecule has 130 valence electrons. The summed E-state index contributed by atoms with van der Waals surface area (Å²) in [5, 5.41) is 11.2. The van der Waals surface area contributed by atoms with Gasteiger partial charge in [0.15, 0.2) is 0 Å². The highest BCUT2D eigenvalue weighted by Crippen LogP contribution is 2.28. The van der Waals surface area contributed by atoms with Gasteiger partial charge >= 0.3 is 6.09 Å². The number of rotatable bonds is 4. The van der Waals surface area contributed by atoms with Crippen LogP contribution in [0.15, 0.2) is 35.7 Å². The summed E-state index contributed by atoms with van der Waals surface area (Å²) in [6, 6.07) is 4.61. The smallest absolute Gasteiger partial charge is 0.414 e. The highest BCUT2D eigenvalue weighted by molar-refractivity contribution is 5.90. The van der Waals surface area contributed by atoms with Crippen molar-refractivity contribution in [2.24, 2.45) is 5.16 Å². The Morgan fingerprint density at radius 3 is 3.00 bits per heavy atom. The van der Waals surface area contributed by atoms with E-state index in [9.17, 15) is 9.18 Å². The van der Waals surface area contributed by atoms with E-state index in [0.29, 0.717) is 37.6 Å². The van der Waals surface area contributed by atoms with Crippen molar-refractivity contribution < 1.29 is 18.8 Å². The van der Waals surface area contributed by atoms with Crippen LogP contribution in [0.2, 0.25) is 0 Å². The average molecular weight is 346 g/mol. The number of hydrogen-bond donors (Lipinski definition) is 0. The molecule has 0 saturated carbocycles. The quantitative estimate of drug-likeness (QED) is 0.828. The fourth-order valence-corrected chi connectivity index (χ4v) is 2.79. The number of ether oxygens (including phenoxy) is 1. The van der Waals surface area contributed by atoms with Crippen molar-refractivity contribution in [1.82, 2.24) is 15.0 Å². The zero-order chi connectivity index (χ0) is 17.2. The number of carbonyl (C=O) groups is 1. The third-order valence-electron chi connectivity index (χ3n) is 3.97. The maximum Gasteiger partial charge on any atom is 0.414 e. The summed E-state index contributed by atoms with van der Waals surface area (Å²) in [6.07, 6.45) is 3.79. The molecule has 0 radical (unpaired) electrons. The molecule has 0 aliphatic carbocycles. The van der Waals surface area contributed by atoms with Crippen LogP contribution < -0.4 is 9.80 Å². The van der Waals surface area contributed by atoms with E-state index in [0.717, 1.165) is 0 Å². The fourth-order valence-electron chi connectivity index (χ4n) is 2.79. The summed E-state index contributed by atoms with van der Waals surface area (Å²) < 4.78 is 21.4. The number of oxime groups is 1. The molecule has 25 heavy (non-hydrogen) atoms. The lowest BCUT2D eigenvalue weighted by molar-refractivity contribution is 0.129. The molecular weight excluding hydrogens is 331 g/mol. The SMILES string of the molecule is O=C1OC(Cn2ccnn2)CN1c1ccc(N2C=NOCC2)c(F)c1. The molecule has 1 aromatic heterocycles. The minimum atomic E-state index is -0.509. The second-order valence-electron chi connectivity index (χ2n) is 5.62. The number of aromatic nitrogens is 3. The molecule has 1 aromatic carbocycles. The van der Waals surface area contributed by atoms with E-state index in [1.54, 1.807) is 34.1 Å².